The van der Waals surface area contributed by atoms with Crippen LogP contribution in [-0.2, 0) is 6.61 Å². The van der Waals surface area contributed by atoms with Crippen LogP contribution in [0.2, 0.25) is 0 Å². The third kappa shape index (κ3) is 3.01. The Bertz CT molecular complexity index is 706. The minimum atomic E-state index is 0.605. The molecule has 0 radical (unpaired) electrons. The third-order valence-electron chi connectivity index (χ3n) is 3.21. The van der Waals surface area contributed by atoms with Crippen LogP contribution < -0.4 is 8.97 Å². The molecule has 0 heterocycles. The quantitative estimate of drug-likeness (QED) is 0.639. The molecule has 0 fully saturated rings. The summed E-state index contributed by atoms with van der Waals surface area (Å²) < 4.78 is 7.04. The summed E-state index contributed by atoms with van der Waals surface area (Å²) in [5, 5.41) is 2.52. The van der Waals surface area contributed by atoms with Gasteiger partial charge in [-0.2, -0.15) is 0 Å². The van der Waals surface area contributed by atoms with E-state index in [0.717, 1.165) is 5.75 Å². The third-order valence-corrected chi connectivity index (χ3v) is 3.21. The van der Waals surface area contributed by atoms with E-state index < -0.39 is 0 Å². The maximum atomic E-state index is 5.82. The van der Waals surface area contributed by atoms with Gasteiger partial charge in [-0.25, -0.2) is 0 Å². The van der Waals surface area contributed by atoms with E-state index in [2.05, 4.69) is 72.3 Å². The van der Waals surface area contributed by atoms with Gasteiger partial charge in [0.05, 0.1) is 0 Å². The zero-order valence-electron chi connectivity index (χ0n) is 11.0. The average Bonchev–Trinajstić information content (AvgIpc) is 2.45. The minimum absolute atomic E-state index is 0.605. The van der Waals surface area contributed by atoms with Crippen molar-refractivity contribution in [2.24, 2.45) is 0 Å². The van der Waals surface area contributed by atoms with Crippen LogP contribution in [0.1, 0.15) is 5.56 Å². The van der Waals surface area contributed by atoms with E-state index in [1.165, 1.54) is 20.6 Å². The van der Waals surface area contributed by atoms with Crippen molar-refractivity contribution in [3.05, 3.63) is 72.3 Å². The average molecular weight is 240 g/mol. The predicted octanol–water partition coefficient (Wildman–Crippen LogP) is 3.21. The summed E-state index contributed by atoms with van der Waals surface area (Å²) in [6, 6.07) is 23.0. The molecule has 0 spiro atoms. The second-order valence-electron chi connectivity index (χ2n) is 4.79. The molecule has 0 amide bonds. The molecule has 0 aromatic heterocycles. The summed E-state index contributed by atoms with van der Waals surface area (Å²) in [7, 11) is 0. The Morgan fingerprint density at radius 2 is 1.63 bits per heavy atom. The Balaban J connectivity index is 1.78. The maximum absolute atomic E-state index is 5.82. The molecule has 0 saturated carbocycles. The van der Waals surface area contributed by atoms with Crippen LogP contribution in [-0.4, -0.2) is 17.7 Å². The zero-order chi connectivity index (χ0) is 13.1. The van der Waals surface area contributed by atoms with E-state index in [-0.39, 0.29) is 0 Å². The van der Waals surface area contributed by atoms with Crippen molar-refractivity contribution in [3.8, 4) is 5.75 Å². The van der Waals surface area contributed by atoms with Gasteiger partial charge in [-0.3, -0.25) is 0 Å². The van der Waals surface area contributed by atoms with Gasteiger partial charge in [-0.15, -0.1) is 0 Å². The van der Waals surface area contributed by atoms with E-state index in [9.17, 15) is 0 Å². The molecule has 19 heavy (non-hydrogen) atoms. The molecule has 0 aliphatic heterocycles. The van der Waals surface area contributed by atoms with Crippen molar-refractivity contribution in [3.63, 3.8) is 0 Å². The Morgan fingerprint density at radius 3 is 2.47 bits per heavy atom. The van der Waals surface area contributed by atoms with Crippen molar-refractivity contribution >= 4 is 32.7 Å². The first kappa shape index (κ1) is 12.4. The fraction of sp³-hybridized carbons (Fsp3) is 0.0588. The summed E-state index contributed by atoms with van der Waals surface area (Å²) in [5.41, 5.74) is 1.19. The van der Waals surface area contributed by atoms with E-state index in [1.54, 1.807) is 0 Å². The number of rotatable bonds is 3. The second-order valence-corrected chi connectivity index (χ2v) is 4.79. The molecule has 0 saturated heterocycles. The second kappa shape index (κ2) is 5.53. The molecule has 1 nitrogen and oxygen atoms in total. The zero-order valence-corrected chi connectivity index (χ0v) is 11.0. The van der Waals surface area contributed by atoms with Gasteiger partial charge in [0.15, 0.2) is 0 Å². The molecule has 0 aliphatic carbocycles. The number of hydrogen-bond acceptors (Lipinski definition) is 1. The summed E-state index contributed by atoms with van der Waals surface area (Å²) in [6.07, 6.45) is 0. The number of ether oxygens (including phenoxy) is 1. The van der Waals surface area contributed by atoms with Crippen LogP contribution in [0.25, 0.3) is 10.8 Å². The van der Waals surface area contributed by atoms with Crippen LogP contribution in [0, 0.1) is 0 Å². The van der Waals surface area contributed by atoms with Gasteiger partial charge in [0.1, 0.15) is 0 Å². The molecular weight excluding hydrogens is 227 g/mol. The Morgan fingerprint density at radius 1 is 0.789 bits per heavy atom. The van der Waals surface area contributed by atoms with E-state index >= 15 is 0 Å². The van der Waals surface area contributed by atoms with Gasteiger partial charge in [0.25, 0.3) is 0 Å². The molecule has 0 aliphatic rings. The first-order chi connectivity index (χ1) is 9.31. The molecule has 3 aromatic rings. The van der Waals surface area contributed by atoms with Gasteiger partial charge >= 0.3 is 122 Å². The van der Waals surface area contributed by atoms with Crippen molar-refractivity contribution in [1.29, 1.82) is 0 Å². The van der Waals surface area contributed by atoms with Gasteiger partial charge in [-0.05, 0) is 0 Å². The number of hydrogen-bond donors (Lipinski definition) is 0. The Hall–Kier alpha value is -1.68. The van der Waals surface area contributed by atoms with E-state index in [1.807, 2.05) is 12.1 Å². The molecule has 3 rings (SSSR count). The van der Waals surface area contributed by atoms with Crippen LogP contribution in [0.15, 0.2) is 66.7 Å². The normalized spacial score (nSPS) is 10.6. The SMILES string of the molecule is [Li][c]1cccc(OCc2ccc3ccccc3c2)c1. The van der Waals surface area contributed by atoms with Gasteiger partial charge in [0.2, 0.25) is 0 Å². The number of fused-ring (bicyclic) bond motifs is 1. The van der Waals surface area contributed by atoms with Crippen LogP contribution in [0.4, 0.5) is 0 Å². The first-order valence-corrected chi connectivity index (χ1v) is 6.48. The monoisotopic (exact) mass is 240 g/mol. The van der Waals surface area contributed by atoms with Gasteiger partial charge in [-0.1, -0.05) is 0 Å². The van der Waals surface area contributed by atoms with Crippen LogP contribution in [0.3, 0.4) is 0 Å². The fourth-order valence-electron chi connectivity index (χ4n) is 2.20. The Labute approximate surface area is 122 Å². The van der Waals surface area contributed by atoms with Crippen molar-refractivity contribution in [1.82, 2.24) is 0 Å². The van der Waals surface area contributed by atoms with Crippen molar-refractivity contribution in [2.75, 3.05) is 0 Å². The van der Waals surface area contributed by atoms with Crippen LogP contribution >= 0.6 is 0 Å². The van der Waals surface area contributed by atoms with Crippen molar-refractivity contribution in [2.45, 2.75) is 6.61 Å². The van der Waals surface area contributed by atoms with E-state index in [0.29, 0.717) is 6.61 Å². The molecule has 2 heteroatoms. The van der Waals surface area contributed by atoms with Crippen molar-refractivity contribution < 1.29 is 4.74 Å². The molecule has 0 N–H and O–H groups in total. The molecular formula is C17H13LiO. The molecule has 0 atom stereocenters. The topological polar surface area (TPSA) is 9.23 Å². The Kier molecular flexibility index (Phi) is 3.59. The molecule has 0 bridgehead atoms. The summed E-state index contributed by atoms with van der Waals surface area (Å²) in [6.45, 7) is 0.605. The van der Waals surface area contributed by atoms with Gasteiger partial charge < -0.3 is 0 Å². The number of benzene rings is 3. The van der Waals surface area contributed by atoms with Gasteiger partial charge in [0, 0.05) is 0 Å². The molecule has 3 aromatic carbocycles. The van der Waals surface area contributed by atoms with E-state index in [4.69, 9.17) is 4.74 Å². The summed E-state index contributed by atoms with van der Waals surface area (Å²) in [4.78, 5) is 0. The standard InChI is InChI=1S/C17H13O.Li/c1-2-8-17(9-3-1)18-13-14-10-11-15-6-4-5-7-16(15)12-14;/h1-2,4-12H,13H2;. The predicted molar refractivity (Wildman–Crippen MR) is 80.1 cm³/mol. The van der Waals surface area contributed by atoms with Crippen LogP contribution in [0.5, 0.6) is 5.75 Å². The first-order valence-electron chi connectivity index (χ1n) is 6.48. The summed E-state index contributed by atoms with van der Waals surface area (Å²) in [5.74, 6) is 0.924. The molecule has 88 valence electrons. The summed E-state index contributed by atoms with van der Waals surface area (Å²) >= 11 is 2.07. The fourth-order valence-corrected chi connectivity index (χ4v) is 2.20. The molecule has 0 unspecified atom stereocenters.